The van der Waals surface area contributed by atoms with Crippen LogP contribution in [-0.2, 0) is 11.2 Å². The van der Waals surface area contributed by atoms with Crippen molar-refractivity contribution in [1.29, 1.82) is 0 Å². The number of carbonyl (C=O) groups is 1. The van der Waals surface area contributed by atoms with Gasteiger partial charge in [0.2, 0.25) is 0 Å². The Balaban J connectivity index is 2.46. The largest absolute Gasteiger partial charge is 0.299 e. The molecule has 88 valence electrons. The first kappa shape index (κ1) is 13.0. The average molecular weight is 218 g/mol. The molecule has 0 N–H and O–H groups in total. The van der Waals surface area contributed by atoms with Crippen molar-refractivity contribution >= 4 is 5.78 Å². The number of Topliss-reactive ketones (excluding diaryl/α,β-unsaturated/α-hetero) is 1. The van der Waals surface area contributed by atoms with E-state index >= 15 is 0 Å². The second-order valence-corrected chi connectivity index (χ2v) is 5.77. The minimum atomic E-state index is 0.252. The SMILES string of the molecule is Cc1cccc(CC(=O)CCC(C)(C)C)c1. The number of hydrogen-bond donors (Lipinski definition) is 0. The lowest BCUT2D eigenvalue weighted by molar-refractivity contribution is -0.118. The molecule has 0 saturated carbocycles. The highest BCUT2D eigenvalue weighted by atomic mass is 16.1. The van der Waals surface area contributed by atoms with Gasteiger partial charge in [0.05, 0.1) is 0 Å². The summed E-state index contributed by atoms with van der Waals surface area (Å²) in [4.78, 5) is 11.8. The van der Waals surface area contributed by atoms with Crippen molar-refractivity contribution in [1.82, 2.24) is 0 Å². The summed E-state index contributed by atoms with van der Waals surface area (Å²) in [5.74, 6) is 0.348. The lowest BCUT2D eigenvalue weighted by Crippen LogP contribution is -2.10. The third-order valence-electron chi connectivity index (χ3n) is 2.64. The second kappa shape index (κ2) is 5.29. The smallest absolute Gasteiger partial charge is 0.137 e. The third kappa shape index (κ3) is 5.11. The minimum Gasteiger partial charge on any atom is -0.299 e. The summed E-state index contributed by atoms with van der Waals surface area (Å²) in [6, 6.07) is 8.20. The minimum absolute atomic E-state index is 0.252. The number of aryl methyl sites for hydroxylation is 1. The molecule has 1 rings (SSSR count). The zero-order valence-corrected chi connectivity index (χ0v) is 10.8. The van der Waals surface area contributed by atoms with Crippen LogP contribution in [0.5, 0.6) is 0 Å². The van der Waals surface area contributed by atoms with Crippen molar-refractivity contribution in [3.63, 3.8) is 0 Å². The van der Waals surface area contributed by atoms with Gasteiger partial charge in [-0.3, -0.25) is 4.79 Å². The van der Waals surface area contributed by atoms with Crippen molar-refractivity contribution in [2.24, 2.45) is 5.41 Å². The molecular formula is C15H22O. The van der Waals surface area contributed by atoms with Gasteiger partial charge in [0.1, 0.15) is 5.78 Å². The van der Waals surface area contributed by atoms with E-state index in [1.165, 1.54) is 5.56 Å². The van der Waals surface area contributed by atoms with Crippen molar-refractivity contribution in [2.45, 2.75) is 47.0 Å². The first-order valence-corrected chi connectivity index (χ1v) is 5.94. The van der Waals surface area contributed by atoms with E-state index in [1.54, 1.807) is 0 Å². The topological polar surface area (TPSA) is 17.1 Å². The van der Waals surface area contributed by atoms with E-state index in [9.17, 15) is 4.79 Å². The molecule has 0 spiro atoms. The van der Waals surface area contributed by atoms with Gasteiger partial charge in [0, 0.05) is 12.8 Å². The predicted octanol–water partition coefficient (Wildman–Crippen LogP) is 3.93. The van der Waals surface area contributed by atoms with Gasteiger partial charge in [-0.25, -0.2) is 0 Å². The Labute approximate surface area is 98.9 Å². The highest BCUT2D eigenvalue weighted by Crippen LogP contribution is 2.21. The van der Waals surface area contributed by atoms with Gasteiger partial charge in [0.15, 0.2) is 0 Å². The van der Waals surface area contributed by atoms with Crippen LogP contribution in [0.25, 0.3) is 0 Å². The van der Waals surface area contributed by atoms with Crippen molar-refractivity contribution in [3.05, 3.63) is 35.4 Å². The van der Waals surface area contributed by atoms with E-state index in [-0.39, 0.29) is 5.41 Å². The number of hydrogen-bond acceptors (Lipinski definition) is 1. The standard InChI is InChI=1S/C15H22O/c1-12-6-5-7-13(10-12)11-14(16)8-9-15(2,3)4/h5-7,10H,8-9,11H2,1-4H3. The maximum atomic E-state index is 11.8. The van der Waals surface area contributed by atoms with E-state index in [0.717, 1.165) is 12.0 Å². The summed E-state index contributed by atoms with van der Waals surface area (Å²) in [5, 5.41) is 0. The van der Waals surface area contributed by atoms with Crippen LogP contribution in [0, 0.1) is 12.3 Å². The Bertz CT molecular complexity index is 358. The number of rotatable bonds is 4. The highest BCUT2D eigenvalue weighted by molar-refractivity contribution is 5.80. The molecule has 16 heavy (non-hydrogen) atoms. The Morgan fingerprint density at radius 3 is 2.50 bits per heavy atom. The first-order valence-electron chi connectivity index (χ1n) is 5.94. The summed E-state index contributed by atoms with van der Waals surface area (Å²) in [5.41, 5.74) is 2.61. The summed E-state index contributed by atoms with van der Waals surface area (Å²) in [6.07, 6.45) is 2.24. The zero-order chi connectivity index (χ0) is 12.2. The molecule has 1 nitrogen and oxygen atoms in total. The van der Waals surface area contributed by atoms with Crippen LogP contribution in [-0.4, -0.2) is 5.78 Å². The molecule has 0 radical (unpaired) electrons. The van der Waals surface area contributed by atoms with Gasteiger partial charge < -0.3 is 0 Å². The van der Waals surface area contributed by atoms with E-state index in [4.69, 9.17) is 0 Å². The lowest BCUT2D eigenvalue weighted by atomic mass is 9.88. The van der Waals surface area contributed by atoms with Crippen LogP contribution in [0.4, 0.5) is 0 Å². The fourth-order valence-electron chi connectivity index (χ4n) is 1.65. The summed E-state index contributed by atoms with van der Waals surface area (Å²) in [6.45, 7) is 8.58. The van der Waals surface area contributed by atoms with Crippen LogP contribution >= 0.6 is 0 Å². The van der Waals surface area contributed by atoms with Crippen molar-refractivity contribution < 1.29 is 4.79 Å². The second-order valence-electron chi connectivity index (χ2n) is 5.77. The van der Waals surface area contributed by atoms with E-state index in [2.05, 4.69) is 39.8 Å². The molecule has 0 aliphatic heterocycles. The Morgan fingerprint density at radius 2 is 1.94 bits per heavy atom. The quantitative estimate of drug-likeness (QED) is 0.748. The number of benzene rings is 1. The normalized spacial score (nSPS) is 11.5. The lowest BCUT2D eigenvalue weighted by Gasteiger charge is -2.17. The molecule has 0 saturated heterocycles. The molecule has 0 unspecified atom stereocenters. The predicted molar refractivity (Wildman–Crippen MR) is 68.6 cm³/mol. The summed E-state index contributed by atoms with van der Waals surface area (Å²) in [7, 11) is 0. The average Bonchev–Trinajstić information content (AvgIpc) is 2.14. The van der Waals surface area contributed by atoms with Crippen LogP contribution < -0.4 is 0 Å². The van der Waals surface area contributed by atoms with Crippen LogP contribution in [0.3, 0.4) is 0 Å². The number of ketones is 1. The number of carbonyl (C=O) groups excluding carboxylic acids is 1. The van der Waals surface area contributed by atoms with Gasteiger partial charge in [-0.1, -0.05) is 50.6 Å². The molecule has 1 aromatic carbocycles. The van der Waals surface area contributed by atoms with Crippen molar-refractivity contribution in [3.8, 4) is 0 Å². The zero-order valence-electron chi connectivity index (χ0n) is 10.8. The fourth-order valence-corrected chi connectivity index (χ4v) is 1.65. The van der Waals surface area contributed by atoms with Gasteiger partial charge in [-0.2, -0.15) is 0 Å². The Hall–Kier alpha value is -1.11. The molecule has 0 bridgehead atoms. The monoisotopic (exact) mass is 218 g/mol. The van der Waals surface area contributed by atoms with Crippen LogP contribution in [0.1, 0.15) is 44.7 Å². The maximum absolute atomic E-state index is 11.8. The Kier molecular flexibility index (Phi) is 4.28. The fraction of sp³-hybridized carbons (Fsp3) is 0.533. The van der Waals surface area contributed by atoms with Gasteiger partial charge in [0.25, 0.3) is 0 Å². The van der Waals surface area contributed by atoms with E-state index in [1.807, 2.05) is 12.1 Å². The van der Waals surface area contributed by atoms with E-state index in [0.29, 0.717) is 18.6 Å². The first-order chi connectivity index (χ1) is 7.37. The molecule has 1 heteroatoms. The molecule has 0 amide bonds. The van der Waals surface area contributed by atoms with Crippen LogP contribution in [0.15, 0.2) is 24.3 Å². The van der Waals surface area contributed by atoms with Gasteiger partial charge >= 0.3 is 0 Å². The molecule has 0 fully saturated rings. The molecule has 0 aliphatic rings. The van der Waals surface area contributed by atoms with E-state index < -0.39 is 0 Å². The maximum Gasteiger partial charge on any atom is 0.137 e. The molecular weight excluding hydrogens is 196 g/mol. The molecule has 0 aliphatic carbocycles. The highest BCUT2D eigenvalue weighted by Gasteiger charge is 2.13. The van der Waals surface area contributed by atoms with Crippen molar-refractivity contribution in [2.75, 3.05) is 0 Å². The third-order valence-corrected chi connectivity index (χ3v) is 2.64. The molecule has 0 aromatic heterocycles. The molecule has 0 atom stereocenters. The van der Waals surface area contributed by atoms with Crippen LogP contribution in [0.2, 0.25) is 0 Å². The van der Waals surface area contributed by atoms with Gasteiger partial charge in [-0.15, -0.1) is 0 Å². The Morgan fingerprint density at radius 1 is 1.25 bits per heavy atom. The summed E-state index contributed by atoms with van der Waals surface area (Å²) >= 11 is 0. The van der Waals surface area contributed by atoms with Gasteiger partial charge in [-0.05, 0) is 24.3 Å². The molecule has 0 heterocycles. The molecule has 1 aromatic rings. The summed E-state index contributed by atoms with van der Waals surface area (Å²) < 4.78 is 0.